The predicted molar refractivity (Wildman–Crippen MR) is 31.7 cm³/mol. The summed E-state index contributed by atoms with van der Waals surface area (Å²) in [5.74, 6) is 1.02. The summed E-state index contributed by atoms with van der Waals surface area (Å²) < 4.78 is 5.06. The molecular weight excluding hydrogens is 119 g/mol. The van der Waals surface area contributed by atoms with Gasteiger partial charge in [-0.05, 0) is 11.8 Å². The molecule has 0 bridgehead atoms. The van der Waals surface area contributed by atoms with E-state index < -0.39 is 7.12 Å². The Bertz CT molecular complexity index is 117. The van der Waals surface area contributed by atoms with E-state index in [-0.39, 0.29) is 5.82 Å². The fraction of sp³-hybridized carbons (Fsp3) is 1.00. The number of rotatable bonds is 1. The van der Waals surface area contributed by atoms with E-state index in [1.165, 1.54) is 0 Å². The molecule has 3 nitrogen and oxygen atoms in total. The summed E-state index contributed by atoms with van der Waals surface area (Å²) in [5, 5.41) is 17.4. The zero-order chi connectivity index (χ0) is 6.43. The number of hydrogen-bond acceptors (Lipinski definition) is 3. The third-order valence-corrected chi connectivity index (χ3v) is 2.36. The molecule has 9 heavy (non-hydrogen) atoms. The van der Waals surface area contributed by atoms with Crippen molar-refractivity contribution < 1.29 is 14.8 Å². The minimum atomic E-state index is -1.11. The maximum absolute atomic E-state index is 8.70. The maximum atomic E-state index is 8.70. The highest BCUT2D eigenvalue weighted by Crippen LogP contribution is 2.56. The largest absolute Gasteiger partial charge is 0.455 e. The van der Waals surface area contributed by atoms with Gasteiger partial charge in [-0.25, -0.2) is 0 Å². The molecule has 4 heteroatoms. The summed E-state index contributed by atoms with van der Waals surface area (Å²) in [7, 11) is -1.11. The number of fused-ring (bicyclic) bond motifs is 1. The topological polar surface area (TPSA) is 49.7 Å². The van der Waals surface area contributed by atoms with Crippen molar-refractivity contribution in [2.45, 2.75) is 5.82 Å². The van der Waals surface area contributed by atoms with Gasteiger partial charge in [0, 0.05) is 19.0 Å². The maximum Gasteiger partial charge on any atom is 0.455 e. The lowest BCUT2D eigenvalue weighted by atomic mass is 9.80. The Morgan fingerprint density at radius 2 is 1.78 bits per heavy atom. The highest BCUT2D eigenvalue weighted by molar-refractivity contribution is 6.44. The van der Waals surface area contributed by atoms with Crippen molar-refractivity contribution in [2.24, 2.45) is 11.8 Å². The van der Waals surface area contributed by atoms with Gasteiger partial charge in [-0.2, -0.15) is 0 Å². The lowest BCUT2D eigenvalue weighted by Crippen LogP contribution is -2.15. The Morgan fingerprint density at radius 1 is 1.22 bits per heavy atom. The minimum absolute atomic E-state index is 0.124. The van der Waals surface area contributed by atoms with E-state index >= 15 is 0 Å². The molecule has 2 rings (SSSR count). The SMILES string of the molecule is OB(O)[C@@H]1[C@@H]2COC[C@@H]21. The van der Waals surface area contributed by atoms with Crippen molar-refractivity contribution in [3.8, 4) is 0 Å². The standard InChI is InChI=1S/C5H9BO3/c7-6(8)5-3-1-9-2-4(3)5/h3-5,7-8H,1-2H2/t3-,4+,5-. The zero-order valence-corrected chi connectivity index (χ0v) is 5.03. The van der Waals surface area contributed by atoms with Crippen LogP contribution in [-0.4, -0.2) is 30.4 Å². The fourth-order valence-corrected chi connectivity index (χ4v) is 1.73. The summed E-state index contributed by atoms with van der Waals surface area (Å²) in [6.07, 6.45) is 0. The summed E-state index contributed by atoms with van der Waals surface area (Å²) in [6.45, 7) is 1.46. The van der Waals surface area contributed by atoms with Crippen molar-refractivity contribution in [2.75, 3.05) is 13.2 Å². The van der Waals surface area contributed by atoms with Gasteiger partial charge in [0.1, 0.15) is 0 Å². The molecule has 1 saturated carbocycles. The first-order valence-corrected chi connectivity index (χ1v) is 3.24. The molecule has 0 radical (unpaired) electrons. The van der Waals surface area contributed by atoms with Crippen LogP contribution >= 0.6 is 0 Å². The normalized spacial score (nSPS) is 46.7. The zero-order valence-electron chi connectivity index (χ0n) is 5.03. The first-order valence-electron chi connectivity index (χ1n) is 3.24. The van der Waals surface area contributed by atoms with Gasteiger partial charge < -0.3 is 14.8 Å². The first-order chi connectivity index (χ1) is 4.30. The van der Waals surface area contributed by atoms with Crippen LogP contribution in [0.2, 0.25) is 5.82 Å². The molecule has 1 aliphatic carbocycles. The highest BCUT2D eigenvalue weighted by atomic mass is 16.5. The molecule has 0 amide bonds. The van der Waals surface area contributed by atoms with E-state index in [9.17, 15) is 0 Å². The molecule has 2 N–H and O–H groups in total. The first kappa shape index (κ1) is 5.71. The second-order valence-corrected chi connectivity index (χ2v) is 2.86. The van der Waals surface area contributed by atoms with Crippen LogP contribution in [0.15, 0.2) is 0 Å². The second kappa shape index (κ2) is 1.72. The van der Waals surface area contributed by atoms with Crippen LogP contribution in [0, 0.1) is 11.8 Å². The van der Waals surface area contributed by atoms with E-state index in [1.54, 1.807) is 0 Å². The summed E-state index contributed by atoms with van der Waals surface area (Å²) in [5.41, 5.74) is 0. The molecule has 2 aliphatic rings. The van der Waals surface area contributed by atoms with Crippen LogP contribution in [0.4, 0.5) is 0 Å². The third kappa shape index (κ3) is 0.706. The summed E-state index contributed by atoms with van der Waals surface area (Å²) in [4.78, 5) is 0. The Labute approximate surface area is 53.8 Å². The van der Waals surface area contributed by atoms with E-state index in [0.29, 0.717) is 11.8 Å². The molecule has 1 aliphatic heterocycles. The molecule has 2 fully saturated rings. The molecule has 1 saturated heterocycles. The van der Waals surface area contributed by atoms with E-state index in [2.05, 4.69) is 0 Å². The molecular formula is C5H9BO3. The van der Waals surface area contributed by atoms with Crippen molar-refractivity contribution >= 4 is 7.12 Å². The third-order valence-electron chi connectivity index (χ3n) is 2.36. The van der Waals surface area contributed by atoms with Crippen LogP contribution in [-0.2, 0) is 4.74 Å². The summed E-state index contributed by atoms with van der Waals surface area (Å²) >= 11 is 0. The molecule has 0 aromatic carbocycles. The smallest absolute Gasteiger partial charge is 0.427 e. The van der Waals surface area contributed by atoms with Crippen molar-refractivity contribution in [1.29, 1.82) is 0 Å². The highest BCUT2D eigenvalue weighted by Gasteiger charge is 2.59. The van der Waals surface area contributed by atoms with Crippen molar-refractivity contribution in [3.05, 3.63) is 0 Å². The molecule has 0 aromatic heterocycles. The Hall–Kier alpha value is -0.0551. The average molecular weight is 128 g/mol. The predicted octanol–water partition coefficient (Wildman–Crippen LogP) is -0.894. The van der Waals surface area contributed by atoms with Crippen LogP contribution in [0.25, 0.3) is 0 Å². The van der Waals surface area contributed by atoms with E-state index in [1.807, 2.05) is 0 Å². The molecule has 50 valence electrons. The van der Waals surface area contributed by atoms with Crippen LogP contribution < -0.4 is 0 Å². The molecule has 0 spiro atoms. The van der Waals surface area contributed by atoms with Crippen LogP contribution in [0.1, 0.15) is 0 Å². The van der Waals surface area contributed by atoms with Gasteiger partial charge in [0.2, 0.25) is 0 Å². The van der Waals surface area contributed by atoms with E-state index in [4.69, 9.17) is 14.8 Å². The lowest BCUT2D eigenvalue weighted by molar-refractivity contribution is 0.161. The Balaban J connectivity index is 1.94. The molecule has 0 unspecified atom stereocenters. The second-order valence-electron chi connectivity index (χ2n) is 2.86. The average Bonchev–Trinajstić information content (AvgIpc) is 2.30. The van der Waals surface area contributed by atoms with Gasteiger partial charge in [0.15, 0.2) is 0 Å². The minimum Gasteiger partial charge on any atom is -0.427 e. The summed E-state index contributed by atoms with van der Waals surface area (Å²) in [6, 6.07) is 0. The quantitative estimate of drug-likeness (QED) is 0.450. The molecule has 0 aromatic rings. The van der Waals surface area contributed by atoms with Crippen molar-refractivity contribution in [3.63, 3.8) is 0 Å². The van der Waals surface area contributed by atoms with E-state index in [0.717, 1.165) is 13.2 Å². The number of ether oxygens (including phenoxy) is 1. The van der Waals surface area contributed by atoms with Crippen molar-refractivity contribution in [1.82, 2.24) is 0 Å². The Kier molecular flexibility index (Phi) is 1.09. The van der Waals surface area contributed by atoms with Crippen LogP contribution in [0.5, 0.6) is 0 Å². The fourth-order valence-electron chi connectivity index (χ4n) is 1.73. The number of hydrogen-bond donors (Lipinski definition) is 2. The molecule has 1 heterocycles. The monoisotopic (exact) mass is 128 g/mol. The van der Waals surface area contributed by atoms with Gasteiger partial charge in [0.05, 0.1) is 0 Å². The van der Waals surface area contributed by atoms with Gasteiger partial charge in [-0.15, -0.1) is 0 Å². The van der Waals surface area contributed by atoms with Gasteiger partial charge in [0.25, 0.3) is 0 Å². The van der Waals surface area contributed by atoms with Gasteiger partial charge >= 0.3 is 7.12 Å². The molecule has 3 atom stereocenters. The Morgan fingerprint density at radius 3 is 2.11 bits per heavy atom. The van der Waals surface area contributed by atoms with Gasteiger partial charge in [-0.1, -0.05) is 0 Å². The van der Waals surface area contributed by atoms with Crippen LogP contribution in [0.3, 0.4) is 0 Å². The van der Waals surface area contributed by atoms with Gasteiger partial charge in [-0.3, -0.25) is 0 Å². The lowest BCUT2D eigenvalue weighted by Gasteiger charge is -1.99.